The third kappa shape index (κ3) is 45.8. The van der Waals surface area contributed by atoms with Crippen LogP contribution >= 0.6 is 7.82 Å². The number of rotatable bonds is 45. The number of allylic oxidation sites excluding steroid dienone is 4. The van der Waals surface area contributed by atoms with Crippen LogP contribution in [0.15, 0.2) is 24.3 Å². The topological polar surface area (TPSA) is 111 Å². The summed E-state index contributed by atoms with van der Waals surface area (Å²) in [4.78, 5) is 37.7. The van der Waals surface area contributed by atoms with Gasteiger partial charge in [-0.2, -0.15) is 0 Å². The molecule has 59 heavy (non-hydrogen) atoms. The molecule has 1 unspecified atom stereocenters. The second-order valence-electron chi connectivity index (χ2n) is 17.8. The van der Waals surface area contributed by atoms with Gasteiger partial charge in [0.15, 0.2) is 6.10 Å². The van der Waals surface area contributed by atoms with E-state index in [0.29, 0.717) is 17.4 Å². The van der Waals surface area contributed by atoms with Crippen molar-refractivity contribution in [3.63, 3.8) is 0 Å². The van der Waals surface area contributed by atoms with Gasteiger partial charge >= 0.3 is 11.9 Å². The van der Waals surface area contributed by atoms with Crippen molar-refractivity contribution in [2.75, 3.05) is 47.5 Å². The van der Waals surface area contributed by atoms with E-state index in [1.54, 1.807) is 0 Å². The minimum atomic E-state index is -4.63. The summed E-state index contributed by atoms with van der Waals surface area (Å²) < 4.78 is 34.0. The highest BCUT2D eigenvalue weighted by atomic mass is 31.2. The number of nitrogens with zero attached hydrogens (tertiary/aromatic N) is 1. The molecule has 0 saturated heterocycles. The molecule has 0 aliphatic rings. The molecule has 0 bridgehead atoms. The Labute approximate surface area is 364 Å². The Bertz CT molecular complexity index is 1060. The lowest BCUT2D eigenvalue weighted by Crippen LogP contribution is -2.37. The van der Waals surface area contributed by atoms with Crippen LogP contribution < -0.4 is 4.89 Å². The monoisotopic (exact) mass is 856 g/mol. The van der Waals surface area contributed by atoms with Gasteiger partial charge in [-0.05, 0) is 44.9 Å². The number of unbranched alkanes of at least 4 members (excludes halogenated alkanes) is 27. The molecule has 9 nitrogen and oxygen atoms in total. The Kier molecular flexibility index (Phi) is 40.8. The Morgan fingerprint density at radius 3 is 1.37 bits per heavy atom. The summed E-state index contributed by atoms with van der Waals surface area (Å²) in [6.07, 6.45) is 46.2. The van der Waals surface area contributed by atoms with Crippen molar-refractivity contribution in [3.05, 3.63) is 24.3 Å². The maximum Gasteiger partial charge on any atom is 0.306 e. The lowest BCUT2D eigenvalue weighted by molar-refractivity contribution is -0.870. The zero-order valence-electron chi connectivity index (χ0n) is 39.2. The fourth-order valence-electron chi connectivity index (χ4n) is 6.86. The van der Waals surface area contributed by atoms with E-state index in [1.165, 1.54) is 141 Å². The summed E-state index contributed by atoms with van der Waals surface area (Å²) in [5.41, 5.74) is 0. The highest BCUT2D eigenvalue weighted by molar-refractivity contribution is 7.45. The first-order valence-corrected chi connectivity index (χ1v) is 26.0. The van der Waals surface area contributed by atoms with Crippen molar-refractivity contribution in [2.24, 2.45) is 0 Å². The van der Waals surface area contributed by atoms with Crippen LogP contribution in [0.4, 0.5) is 0 Å². The Balaban J connectivity index is 4.27. The molecule has 2 atom stereocenters. The van der Waals surface area contributed by atoms with Gasteiger partial charge in [-0.3, -0.25) is 14.2 Å². The molecule has 10 heteroatoms. The summed E-state index contributed by atoms with van der Waals surface area (Å²) in [7, 11) is 1.17. The van der Waals surface area contributed by atoms with E-state index in [2.05, 4.69) is 38.2 Å². The van der Waals surface area contributed by atoms with Gasteiger partial charge in [0.05, 0.1) is 27.7 Å². The number of esters is 2. The van der Waals surface area contributed by atoms with Crippen LogP contribution in [0.25, 0.3) is 0 Å². The molecule has 0 amide bonds. The largest absolute Gasteiger partial charge is 0.756 e. The maximum absolute atomic E-state index is 12.7. The molecule has 0 radical (unpaired) electrons. The van der Waals surface area contributed by atoms with Gasteiger partial charge in [-0.15, -0.1) is 0 Å². The Morgan fingerprint density at radius 2 is 0.915 bits per heavy atom. The molecular formula is C49H94NO8P. The van der Waals surface area contributed by atoms with Gasteiger partial charge in [0.25, 0.3) is 7.82 Å². The molecule has 0 rings (SSSR count). The molecular weight excluding hydrogens is 762 g/mol. The molecule has 0 spiro atoms. The molecule has 0 aliphatic heterocycles. The van der Waals surface area contributed by atoms with Crippen molar-refractivity contribution in [1.82, 2.24) is 0 Å². The minimum Gasteiger partial charge on any atom is -0.756 e. The van der Waals surface area contributed by atoms with Crippen molar-refractivity contribution in [1.29, 1.82) is 0 Å². The number of carbonyl (C=O) groups excluding carboxylic acids is 2. The highest BCUT2D eigenvalue weighted by Crippen LogP contribution is 2.38. The number of likely N-dealkylation sites (N-methyl/N-ethyl adjacent to an activating group) is 1. The number of hydrogen-bond donors (Lipinski definition) is 0. The van der Waals surface area contributed by atoms with Crippen LogP contribution in [0.3, 0.4) is 0 Å². The zero-order valence-corrected chi connectivity index (χ0v) is 40.1. The third-order valence-electron chi connectivity index (χ3n) is 10.7. The van der Waals surface area contributed by atoms with Crippen molar-refractivity contribution < 1.29 is 42.1 Å². The number of carbonyl (C=O) groups is 2. The lowest BCUT2D eigenvalue weighted by Gasteiger charge is -2.28. The third-order valence-corrected chi connectivity index (χ3v) is 11.7. The predicted octanol–water partition coefficient (Wildman–Crippen LogP) is 13.7. The molecule has 0 N–H and O–H groups in total. The van der Waals surface area contributed by atoms with E-state index < -0.39 is 26.5 Å². The standard InChI is InChI=1S/C49H94NO8P/c1-6-8-10-12-14-16-18-20-22-24-25-26-28-30-32-34-36-38-40-42-49(52)58-47(46-57-59(53,54)56-44-43-50(3,4)5)45-55-48(51)41-39-37-35-33-31-29-27-23-21-19-17-15-13-11-9-7-2/h14,16,20,22,47H,6-13,15,17-19,21,23-46H2,1-5H3/b16-14+,22-20+/t47-/m1/s1. The maximum atomic E-state index is 12.7. The Hall–Kier alpha value is -1.51. The van der Waals surface area contributed by atoms with Crippen LogP contribution in [-0.4, -0.2) is 70.0 Å². The minimum absolute atomic E-state index is 0.0296. The smallest absolute Gasteiger partial charge is 0.306 e. The van der Waals surface area contributed by atoms with Crippen molar-refractivity contribution in [3.8, 4) is 0 Å². The van der Waals surface area contributed by atoms with Crippen molar-refractivity contribution >= 4 is 19.8 Å². The van der Waals surface area contributed by atoms with Crippen LogP contribution in [0.1, 0.15) is 226 Å². The first kappa shape index (κ1) is 57.5. The van der Waals surface area contributed by atoms with Crippen LogP contribution in [0, 0.1) is 0 Å². The van der Waals surface area contributed by atoms with Gasteiger partial charge in [-0.1, -0.05) is 192 Å². The second-order valence-corrected chi connectivity index (χ2v) is 19.2. The van der Waals surface area contributed by atoms with Crippen LogP contribution in [0.2, 0.25) is 0 Å². The average Bonchev–Trinajstić information content (AvgIpc) is 3.19. The summed E-state index contributed by atoms with van der Waals surface area (Å²) >= 11 is 0. The normalized spacial score (nSPS) is 13.7. The van der Waals surface area contributed by atoms with Crippen LogP contribution in [0.5, 0.6) is 0 Å². The van der Waals surface area contributed by atoms with Gasteiger partial charge in [-0.25, -0.2) is 0 Å². The molecule has 0 saturated carbocycles. The fourth-order valence-corrected chi connectivity index (χ4v) is 7.59. The van der Waals surface area contributed by atoms with Gasteiger partial charge < -0.3 is 27.9 Å². The molecule has 0 aliphatic carbocycles. The molecule has 0 aromatic rings. The fraction of sp³-hybridized carbons (Fsp3) is 0.878. The van der Waals surface area contributed by atoms with E-state index in [1.807, 2.05) is 21.1 Å². The molecule has 348 valence electrons. The van der Waals surface area contributed by atoms with Gasteiger partial charge in [0.2, 0.25) is 0 Å². The first-order valence-electron chi connectivity index (χ1n) is 24.5. The molecule has 0 heterocycles. The SMILES string of the molecule is CCCCC/C=C/C/C=C/CCCCCCCCCCCC(=O)O[C@H](COC(=O)CCCCCCCCCCCCCCCCCC)COP(=O)([O-])OCC[N+](C)(C)C. The van der Waals surface area contributed by atoms with E-state index in [0.717, 1.165) is 51.4 Å². The lowest BCUT2D eigenvalue weighted by atomic mass is 10.0. The number of hydrogen-bond acceptors (Lipinski definition) is 8. The van der Waals surface area contributed by atoms with Crippen molar-refractivity contribution in [2.45, 2.75) is 232 Å². The van der Waals surface area contributed by atoms with E-state index in [9.17, 15) is 19.0 Å². The summed E-state index contributed by atoms with van der Waals surface area (Å²) in [6.45, 7) is 4.23. The average molecular weight is 856 g/mol. The highest BCUT2D eigenvalue weighted by Gasteiger charge is 2.21. The number of quaternary nitrogens is 1. The predicted molar refractivity (Wildman–Crippen MR) is 245 cm³/mol. The van der Waals surface area contributed by atoms with Crippen LogP contribution in [-0.2, 0) is 32.7 Å². The Morgan fingerprint density at radius 1 is 0.525 bits per heavy atom. The molecule has 0 fully saturated rings. The molecule has 0 aromatic heterocycles. The number of ether oxygens (including phenoxy) is 2. The van der Waals surface area contributed by atoms with Gasteiger partial charge in [0, 0.05) is 12.8 Å². The number of phosphoric ester groups is 1. The summed E-state index contributed by atoms with van der Waals surface area (Å²) in [6, 6.07) is 0. The first-order chi connectivity index (χ1) is 28.5. The number of phosphoric acid groups is 1. The van der Waals surface area contributed by atoms with Gasteiger partial charge in [0.1, 0.15) is 19.8 Å². The molecule has 0 aromatic carbocycles. The van der Waals surface area contributed by atoms with E-state index in [4.69, 9.17) is 18.5 Å². The zero-order chi connectivity index (χ0) is 43.6. The quantitative estimate of drug-likeness (QED) is 0.0196. The van der Waals surface area contributed by atoms with E-state index in [-0.39, 0.29) is 32.0 Å². The van der Waals surface area contributed by atoms with E-state index >= 15 is 0 Å². The second kappa shape index (κ2) is 41.8. The summed E-state index contributed by atoms with van der Waals surface area (Å²) in [5.74, 6) is -0.828. The summed E-state index contributed by atoms with van der Waals surface area (Å²) in [5, 5.41) is 0.